The standard InChI is InChI=1S/C24H29F5N4O2/c1-4-14(17-6-7-18(25)21(26)20(17)24(27,28)29)8-10-32(3)23(35)22-15-9-11-33(19(34)5-2)13-16(12-15)30-31-22/h6-7,12,14-15,30H,4-5,8-11,13H2,1-3H3. The van der Waals surface area contributed by atoms with Gasteiger partial charge in [-0.15, -0.1) is 0 Å². The van der Waals surface area contributed by atoms with Crippen LogP contribution in [0.5, 0.6) is 0 Å². The average Bonchev–Trinajstić information content (AvgIpc) is 2.98. The summed E-state index contributed by atoms with van der Waals surface area (Å²) in [6.45, 7) is 4.39. The van der Waals surface area contributed by atoms with E-state index in [1.807, 2.05) is 6.08 Å². The highest BCUT2D eigenvalue weighted by molar-refractivity contribution is 6.40. The van der Waals surface area contributed by atoms with Crippen molar-refractivity contribution >= 4 is 17.5 Å². The SMILES string of the molecule is CCC(=O)N1CCC2C=C(C1)NN=C2C(=O)N(C)CCC(CC)c1ccc(F)c(F)c1C(F)(F)F. The zero-order valence-electron chi connectivity index (χ0n) is 19.9. The molecule has 35 heavy (non-hydrogen) atoms. The van der Waals surface area contributed by atoms with Crippen LogP contribution in [-0.2, 0) is 15.8 Å². The molecule has 0 saturated heterocycles. The lowest BCUT2D eigenvalue weighted by atomic mass is 9.88. The van der Waals surface area contributed by atoms with E-state index >= 15 is 0 Å². The number of hydrogen-bond acceptors (Lipinski definition) is 4. The van der Waals surface area contributed by atoms with Gasteiger partial charge in [-0.1, -0.05) is 26.0 Å². The minimum atomic E-state index is -5.05. The molecule has 3 rings (SSSR count). The summed E-state index contributed by atoms with van der Waals surface area (Å²) in [4.78, 5) is 28.3. The number of fused-ring (bicyclic) bond motifs is 1. The molecule has 1 aromatic rings. The van der Waals surface area contributed by atoms with E-state index in [1.54, 1.807) is 18.7 Å². The van der Waals surface area contributed by atoms with E-state index in [1.165, 1.54) is 11.9 Å². The third kappa shape index (κ3) is 5.82. The quantitative estimate of drug-likeness (QED) is 0.564. The zero-order valence-corrected chi connectivity index (χ0v) is 19.9. The van der Waals surface area contributed by atoms with E-state index in [0.29, 0.717) is 32.0 Å². The number of halogens is 5. The maximum Gasteiger partial charge on any atom is 0.419 e. The van der Waals surface area contributed by atoms with Gasteiger partial charge in [0.1, 0.15) is 5.71 Å². The van der Waals surface area contributed by atoms with Gasteiger partial charge in [0.05, 0.1) is 12.1 Å². The van der Waals surface area contributed by atoms with Gasteiger partial charge in [-0.2, -0.15) is 18.3 Å². The predicted molar refractivity (Wildman–Crippen MR) is 120 cm³/mol. The van der Waals surface area contributed by atoms with Crippen molar-refractivity contribution in [2.45, 2.75) is 51.6 Å². The molecule has 192 valence electrons. The number of rotatable bonds is 7. The molecule has 1 aromatic carbocycles. The van der Waals surface area contributed by atoms with Gasteiger partial charge in [0.25, 0.3) is 5.91 Å². The van der Waals surface area contributed by atoms with Crippen LogP contribution < -0.4 is 5.43 Å². The van der Waals surface area contributed by atoms with Crippen molar-refractivity contribution in [1.82, 2.24) is 15.2 Å². The molecule has 0 spiro atoms. The molecule has 2 unspecified atom stereocenters. The molecule has 0 aromatic heterocycles. The minimum absolute atomic E-state index is 0.00584. The number of carbonyl (C=O) groups is 2. The van der Waals surface area contributed by atoms with E-state index in [2.05, 4.69) is 10.5 Å². The second kappa shape index (κ2) is 10.7. The summed E-state index contributed by atoms with van der Waals surface area (Å²) in [6, 6.07) is 1.66. The number of nitrogens with one attached hydrogen (secondary N) is 1. The van der Waals surface area contributed by atoms with E-state index in [9.17, 15) is 31.5 Å². The molecule has 0 radical (unpaired) electrons. The largest absolute Gasteiger partial charge is 0.419 e. The number of carbonyl (C=O) groups excluding carboxylic acids is 2. The van der Waals surface area contributed by atoms with Crippen molar-refractivity contribution in [2.75, 3.05) is 26.7 Å². The first kappa shape index (κ1) is 26.6. The molecule has 2 atom stereocenters. The van der Waals surface area contributed by atoms with Gasteiger partial charge in [-0.05, 0) is 36.8 Å². The van der Waals surface area contributed by atoms with Crippen molar-refractivity contribution < 1.29 is 31.5 Å². The molecule has 0 saturated carbocycles. The Kier molecular flexibility index (Phi) is 8.17. The smallest absolute Gasteiger partial charge is 0.341 e. The number of allylic oxidation sites excluding steroid dienone is 1. The molecule has 6 nitrogen and oxygen atoms in total. The summed E-state index contributed by atoms with van der Waals surface area (Å²) in [6.07, 6.45) is -1.90. The Balaban J connectivity index is 1.70. The number of hydrazone groups is 1. The van der Waals surface area contributed by atoms with Crippen LogP contribution >= 0.6 is 0 Å². The Morgan fingerprint density at radius 1 is 1.26 bits per heavy atom. The molecule has 2 heterocycles. The van der Waals surface area contributed by atoms with Gasteiger partial charge in [-0.3, -0.25) is 15.0 Å². The predicted octanol–water partition coefficient (Wildman–Crippen LogP) is 4.43. The van der Waals surface area contributed by atoms with Gasteiger partial charge < -0.3 is 9.80 Å². The number of nitrogens with zero attached hydrogens (tertiary/aromatic N) is 3. The first-order chi connectivity index (χ1) is 16.5. The Morgan fingerprint density at radius 3 is 2.60 bits per heavy atom. The average molecular weight is 501 g/mol. The molecule has 2 amide bonds. The number of benzene rings is 1. The van der Waals surface area contributed by atoms with Crippen molar-refractivity contribution in [3.63, 3.8) is 0 Å². The molecule has 1 N–H and O–H groups in total. The fourth-order valence-corrected chi connectivity index (χ4v) is 4.52. The molecular formula is C24H29F5N4O2. The molecule has 0 fully saturated rings. The van der Waals surface area contributed by atoms with Crippen LogP contribution in [0.25, 0.3) is 0 Å². The third-order valence-corrected chi connectivity index (χ3v) is 6.52. The molecule has 11 heteroatoms. The number of hydrogen-bond donors (Lipinski definition) is 1. The van der Waals surface area contributed by atoms with E-state index in [-0.39, 0.29) is 48.4 Å². The van der Waals surface area contributed by atoms with Crippen LogP contribution in [0, 0.1) is 17.6 Å². The molecule has 2 aliphatic rings. The highest BCUT2D eigenvalue weighted by atomic mass is 19.4. The van der Waals surface area contributed by atoms with Crippen molar-refractivity contribution in [1.29, 1.82) is 0 Å². The molecule has 2 bridgehead atoms. The lowest BCUT2D eigenvalue weighted by Crippen LogP contribution is -2.40. The van der Waals surface area contributed by atoms with E-state index in [0.717, 1.165) is 11.8 Å². The molecule has 0 aliphatic carbocycles. The Hall–Kier alpha value is -2.98. The minimum Gasteiger partial charge on any atom is -0.341 e. The number of amides is 2. The monoisotopic (exact) mass is 500 g/mol. The fraction of sp³-hybridized carbons (Fsp3) is 0.542. The summed E-state index contributed by atoms with van der Waals surface area (Å²) in [5, 5.41) is 4.22. The molecular weight excluding hydrogens is 471 g/mol. The van der Waals surface area contributed by atoms with Crippen LogP contribution in [0.4, 0.5) is 22.0 Å². The second-order valence-corrected chi connectivity index (χ2v) is 8.81. The lowest BCUT2D eigenvalue weighted by Gasteiger charge is -2.26. The van der Waals surface area contributed by atoms with Crippen LogP contribution in [-0.4, -0.2) is 54.0 Å². The van der Waals surface area contributed by atoms with E-state index in [4.69, 9.17) is 0 Å². The van der Waals surface area contributed by atoms with Crippen LogP contribution in [0.1, 0.15) is 56.6 Å². The highest BCUT2D eigenvalue weighted by Gasteiger charge is 2.40. The Bertz CT molecular complexity index is 1040. The normalized spacial score (nSPS) is 18.7. The Morgan fingerprint density at radius 2 is 1.97 bits per heavy atom. The van der Waals surface area contributed by atoms with Gasteiger partial charge >= 0.3 is 6.18 Å². The van der Waals surface area contributed by atoms with E-state index < -0.39 is 29.3 Å². The summed E-state index contributed by atoms with van der Waals surface area (Å²) in [7, 11) is 1.52. The van der Waals surface area contributed by atoms with Gasteiger partial charge in [0, 0.05) is 38.2 Å². The summed E-state index contributed by atoms with van der Waals surface area (Å²) in [5.74, 6) is -4.87. The summed E-state index contributed by atoms with van der Waals surface area (Å²) < 4.78 is 68.0. The van der Waals surface area contributed by atoms with Crippen molar-refractivity contribution in [2.24, 2.45) is 11.0 Å². The lowest BCUT2D eigenvalue weighted by molar-refractivity contribution is -0.141. The van der Waals surface area contributed by atoms with Gasteiger partial charge in [0.2, 0.25) is 5.91 Å². The first-order valence-corrected chi connectivity index (χ1v) is 11.6. The summed E-state index contributed by atoms with van der Waals surface area (Å²) >= 11 is 0. The summed E-state index contributed by atoms with van der Waals surface area (Å²) in [5.41, 5.74) is 1.90. The third-order valence-electron chi connectivity index (χ3n) is 6.52. The van der Waals surface area contributed by atoms with Crippen molar-refractivity contribution in [3.05, 3.63) is 46.7 Å². The zero-order chi connectivity index (χ0) is 25.9. The van der Waals surface area contributed by atoms with Gasteiger partial charge in [-0.25, -0.2) is 8.78 Å². The van der Waals surface area contributed by atoms with Gasteiger partial charge in [0.15, 0.2) is 11.6 Å². The maximum atomic E-state index is 14.1. The van der Waals surface area contributed by atoms with Crippen molar-refractivity contribution in [3.8, 4) is 0 Å². The fourth-order valence-electron chi connectivity index (χ4n) is 4.52. The topological polar surface area (TPSA) is 65.0 Å². The Labute approximate surface area is 200 Å². The van der Waals surface area contributed by atoms with Crippen LogP contribution in [0.3, 0.4) is 0 Å². The molecule has 2 aliphatic heterocycles. The number of alkyl halides is 3. The van der Waals surface area contributed by atoms with Crippen LogP contribution in [0.2, 0.25) is 0 Å². The second-order valence-electron chi connectivity index (χ2n) is 8.81. The maximum absolute atomic E-state index is 14.1. The van der Waals surface area contributed by atoms with Crippen LogP contribution in [0.15, 0.2) is 29.0 Å². The highest BCUT2D eigenvalue weighted by Crippen LogP contribution is 2.40. The first-order valence-electron chi connectivity index (χ1n) is 11.6.